The van der Waals surface area contributed by atoms with Gasteiger partial charge in [-0.1, -0.05) is 30.3 Å². The summed E-state index contributed by atoms with van der Waals surface area (Å²) in [5, 5.41) is 9.33. The normalized spacial score (nSPS) is 25.8. The maximum atomic E-state index is 9.33. The second-order valence-corrected chi connectivity index (χ2v) is 7.86. The topological polar surface area (TPSA) is 32.7 Å². The number of phenolic OH excluding ortho intramolecular Hbond substituents is 1. The van der Waals surface area contributed by atoms with Crippen molar-refractivity contribution in [3.8, 4) is 11.5 Å². The molecule has 0 aromatic heterocycles. The molecule has 3 atom stereocenters. The highest BCUT2D eigenvalue weighted by Crippen LogP contribution is 2.40. The summed E-state index contributed by atoms with van der Waals surface area (Å²) in [7, 11) is 0. The van der Waals surface area contributed by atoms with Crippen LogP contribution in [0.2, 0.25) is 0 Å². The number of rotatable bonds is 6. The number of aromatic hydroxyl groups is 1. The fraction of sp³-hybridized carbons (Fsp3) is 0.478. The monoisotopic (exact) mass is 351 g/mol. The van der Waals surface area contributed by atoms with Gasteiger partial charge in [-0.15, -0.1) is 0 Å². The molecule has 3 nitrogen and oxygen atoms in total. The first-order chi connectivity index (χ1) is 12.8. The summed E-state index contributed by atoms with van der Waals surface area (Å²) in [6.07, 6.45) is 6.66. The minimum atomic E-state index is 0.284. The summed E-state index contributed by atoms with van der Waals surface area (Å²) in [4.78, 5) is 2.64. The van der Waals surface area contributed by atoms with E-state index in [4.69, 9.17) is 4.74 Å². The molecule has 0 spiro atoms. The van der Waals surface area contributed by atoms with Crippen LogP contribution in [0, 0.1) is 11.8 Å². The van der Waals surface area contributed by atoms with Crippen LogP contribution in [0.5, 0.6) is 11.5 Å². The fourth-order valence-corrected chi connectivity index (χ4v) is 4.87. The van der Waals surface area contributed by atoms with Crippen molar-refractivity contribution in [1.29, 1.82) is 0 Å². The molecule has 138 valence electrons. The fourth-order valence-electron chi connectivity index (χ4n) is 4.87. The number of benzene rings is 2. The molecular weight excluding hydrogens is 322 g/mol. The molecule has 1 saturated heterocycles. The third-order valence-corrected chi connectivity index (χ3v) is 6.16. The van der Waals surface area contributed by atoms with Gasteiger partial charge >= 0.3 is 0 Å². The lowest BCUT2D eigenvalue weighted by molar-refractivity contribution is 0.133. The molecule has 0 radical (unpaired) electrons. The Balaban J connectivity index is 1.24. The van der Waals surface area contributed by atoms with Crippen LogP contribution in [0.4, 0.5) is 0 Å². The molecule has 1 heterocycles. The van der Waals surface area contributed by atoms with E-state index in [1.54, 1.807) is 12.1 Å². The van der Waals surface area contributed by atoms with E-state index < -0.39 is 0 Å². The summed E-state index contributed by atoms with van der Waals surface area (Å²) in [6.45, 7) is 2.94. The van der Waals surface area contributed by atoms with E-state index in [1.807, 2.05) is 12.1 Å². The van der Waals surface area contributed by atoms with Gasteiger partial charge in [0.15, 0.2) is 0 Å². The minimum Gasteiger partial charge on any atom is -0.508 e. The molecule has 2 aromatic carbocycles. The van der Waals surface area contributed by atoms with Crippen LogP contribution in [0.15, 0.2) is 54.6 Å². The Hall–Kier alpha value is -2.00. The Morgan fingerprint density at radius 3 is 2.58 bits per heavy atom. The van der Waals surface area contributed by atoms with Gasteiger partial charge < -0.3 is 9.84 Å². The van der Waals surface area contributed by atoms with E-state index in [-0.39, 0.29) is 5.75 Å². The maximum absolute atomic E-state index is 9.33. The number of likely N-dealkylation sites (tertiary alicyclic amines) is 1. The Labute approximate surface area is 156 Å². The van der Waals surface area contributed by atoms with E-state index in [9.17, 15) is 5.11 Å². The number of nitrogens with zero attached hydrogens (tertiary/aromatic N) is 1. The second-order valence-electron chi connectivity index (χ2n) is 7.86. The third-order valence-electron chi connectivity index (χ3n) is 6.16. The number of hydrogen-bond acceptors (Lipinski definition) is 3. The van der Waals surface area contributed by atoms with Gasteiger partial charge in [0.1, 0.15) is 18.1 Å². The predicted molar refractivity (Wildman–Crippen MR) is 105 cm³/mol. The summed E-state index contributed by atoms with van der Waals surface area (Å²) < 4.78 is 5.85. The van der Waals surface area contributed by atoms with Crippen LogP contribution < -0.4 is 4.74 Å². The minimum absolute atomic E-state index is 0.284. The van der Waals surface area contributed by atoms with Crippen molar-refractivity contribution in [2.45, 2.75) is 38.1 Å². The highest BCUT2D eigenvalue weighted by atomic mass is 16.5. The van der Waals surface area contributed by atoms with Crippen molar-refractivity contribution in [3.63, 3.8) is 0 Å². The maximum Gasteiger partial charge on any atom is 0.119 e. The van der Waals surface area contributed by atoms with Gasteiger partial charge in [-0.2, -0.15) is 0 Å². The smallest absolute Gasteiger partial charge is 0.119 e. The molecule has 2 aromatic rings. The van der Waals surface area contributed by atoms with Crippen LogP contribution in [0.25, 0.3) is 0 Å². The van der Waals surface area contributed by atoms with E-state index in [2.05, 4.69) is 35.2 Å². The SMILES string of the molecule is Oc1ccc(OCCN2CC[C@@H]3C[C@H](Cc4ccccc4)CC[C@@H]32)cc1. The molecule has 1 N–H and O–H groups in total. The lowest BCUT2D eigenvalue weighted by Gasteiger charge is -2.36. The number of fused-ring (bicyclic) bond motifs is 1. The van der Waals surface area contributed by atoms with Gasteiger partial charge in [0, 0.05) is 12.6 Å². The molecule has 1 saturated carbocycles. The van der Waals surface area contributed by atoms with Crippen LogP contribution in [0.3, 0.4) is 0 Å². The third kappa shape index (κ3) is 4.21. The van der Waals surface area contributed by atoms with Crippen molar-refractivity contribution in [1.82, 2.24) is 4.90 Å². The van der Waals surface area contributed by atoms with E-state index in [0.29, 0.717) is 0 Å². The number of phenols is 1. The van der Waals surface area contributed by atoms with Gasteiger partial charge in [0.25, 0.3) is 0 Å². The van der Waals surface area contributed by atoms with Crippen molar-refractivity contribution in [3.05, 3.63) is 60.2 Å². The summed E-state index contributed by atoms with van der Waals surface area (Å²) in [6, 6.07) is 18.7. The lowest BCUT2D eigenvalue weighted by atomic mass is 9.76. The average molecular weight is 351 g/mol. The zero-order valence-electron chi connectivity index (χ0n) is 15.4. The van der Waals surface area contributed by atoms with E-state index in [1.165, 1.54) is 44.2 Å². The standard InChI is InChI=1S/C23H29NO2/c25-21-7-9-22(10-8-21)26-15-14-24-13-12-20-17-19(6-11-23(20)24)16-18-4-2-1-3-5-18/h1-5,7-10,19-20,23,25H,6,11-17H2/t19-,20+,23-/m0/s1. The van der Waals surface area contributed by atoms with Crippen LogP contribution >= 0.6 is 0 Å². The molecule has 2 aliphatic rings. The Morgan fingerprint density at radius 1 is 0.962 bits per heavy atom. The first-order valence-electron chi connectivity index (χ1n) is 9.98. The zero-order valence-corrected chi connectivity index (χ0v) is 15.4. The van der Waals surface area contributed by atoms with Gasteiger partial charge in [-0.05, 0) is 80.3 Å². The number of ether oxygens (including phenoxy) is 1. The molecule has 26 heavy (non-hydrogen) atoms. The van der Waals surface area contributed by atoms with Crippen molar-refractivity contribution < 1.29 is 9.84 Å². The zero-order chi connectivity index (χ0) is 17.8. The molecule has 0 amide bonds. The van der Waals surface area contributed by atoms with Gasteiger partial charge in [0.05, 0.1) is 0 Å². The summed E-state index contributed by atoms with van der Waals surface area (Å²) >= 11 is 0. The second kappa shape index (κ2) is 8.13. The summed E-state index contributed by atoms with van der Waals surface area (Å²) in [5.74, 6) is 2.84. The van der Waals surface area contributed by atoms with E-state index >= 15 is 0 Å². The first-order valence-corrected chi connectivity index (χ1v) is 9.98. The van der Waals surface area contributed by atoms with Crippen LogP contribution in [0.1, 0.15) is 31.2 Å². The molecule has 3 heteroatoms. The quantitative estimate of drug-likeness (QED) is 0.831. The predicted octanol–water partition coefficient (Wildman–Crippen LogP) is 4.50. The molecule has 4 rings (SSSR count). The van der Waals surface area contributed by atoms with Crippen molar-refractivity contribution in [2.75, 3.05) is 19.7 Å². The molecule has 2 fully saturated rings. The summed E-state index contributed by atoms with van der Waals surface area (Å²) in [5.41, 5.74) is 1.49. The Bertz CT molecular complexity index is 685. The van der Waals surface area contributed by atoms with Gasteiger partial charge in [-0.25, -0.2) is 0 Å². The first kappa shape index (κ1) is 17.4. The molecule has 1 aliphatic heterocycles. The number of hydrogen-bond donors (Lipinski definition) is 1. The Morgan fingerprint density at radius 2 is 1.77 bits per heavy atom. The van der Waals surface area contributed by atoms with Gasteiger partial charge in [0.2, 0.25) is 0 Å². The van der Waals surface area contributed by atoms with Crippen molar-refractivity contribution in [2.24, 2.45) is 11.8 Å². The molecule has 1 aliphatic carbocycles. The van der Waals surface area contributed by atoms with Crippen LogP contribution in [-0.4, -0.2) is 35.7 Å². The highest BCUT2D eigenvalue weighted by molar-refractivity contribution is 5.30. The lowest BCUT2D eigenvalue weighted by Crippen LogP contribution is -2.39. The Kier molecular flexibility index (Phi) is 5.45. The van der Waals surface area contributed by atoms with Gasteiger partial charge in [-0.3, -0.25) is 4.90 Å². The molecular formula is C23H29NO2. The van der Waals surface area contributed by atoms with Crippen LogP contribution in [-0.2, 0) is 6.42 Å². The van der Waals surface area contributed by atoms with E-state index in [0.717, 1.165) is 36.8 Å². The molecule has 0 unspecified atom stereocenters. The largest absolute Gasteiger partial charge is 0.508 e. The highest BCUT2D eigenvalue weighted by Gasteiger charge is 2.38. The van der Waals surface area contributed by atoms with Crippen molar-refractivity contribution >= 4 is 0 Å². The molecule has 0 bridgehead atoms. The average Bonchev–Trinajstić information content (AvgIpc) is 3.07.